The van der Waals surface area contributed by atoms with Crippen LogP contribution in [0.5, 0.6) is 5.75 Å². The smallest absolute Gasteiger partial charge is 0.355 e. The third-order valence-corrected chi connectivity index (χ3v) is 3.63. The summed E-state index contributed by atoms with van der Waals surface area (Å²) < 4.78 is 9.68. The molecule has 8 nitrogen and oxygen atoms in total. The minimum Gasteiger partial charge on any atom is -0.497 e. The highest BCUT2D eigenvalue weighted by Gasteiger charge is 2.55. The van der Waals surface area contributed by atoms with Crippen LogP contribution in [0.4, 0.5) is 5.69 Å². The number of amides is 2. The monoisotopic (exact) mass is 303 g/mol. The van der Waals surface area contributed by atoms with E-state index in [0.717, 1.165) is 4.90 Å². The van der Waals surface area contributed by atoms with E-state index in [1.54, 1.807) is 24.3 Å². The number of benzene rings is 1. The van der Waals surface area contributed by atoms with Crippen molar-refractivity contribution in [1.29, 1.82) is 0 Å². The number of ether oxygens (including phenoxy) is 2. The van der Waals surface area contributed by atoms with Gasteiger partial charge in [0.2, 0.25) is 5.91 Å². The topological polar surface area (TPSA) is 97.3 Å². The molecule has 0 unspecified atom stereocenters. The van der Waals surface area contributed by atoms with Gasteiger partial charge in [-0.3, -0.25) is 15.0 Å². The number of esters is 1. The highest BCUT2D eigenvalue weighted by atomic mass is 16.5. The minimum absolute atomic E-state index is 0.0868. The van der Waals surface area contributed by atoms with Crippen molar-refractivity contribution in [2.75, 3.05) is 19.1 Å². The molecule has 114 valence electrons. The Bertz CT molecular complexity index is 699. The Morgan fingerprint density at radius 3 is 2.73 bits per heavy atom. The van der Waals surface area contributed by atoms with E-state index in [9.17, 15) is 14.4 Å². The zero-order valence-corrected chi connectivity index (χ0v) is 11.9. The lowest BCUT2D eigenvalue weighted by Crippen LogP contribution is -2.36. The molecule has 0 aliphatic carbocycles. The van der Waals surface area contributed by atoms with Gasteiger partial charge >= 0.3 is 5.97 Å². The lowest BCUT2D eigenvalue weighted by Gasteiger charge is -2.16. The molecule has 1 fully saturated rings. The highest BCUT2D eigenvalue weighted by Crippen LogP contribution is 2.32. The molecule has 1 aromatic carbocycles. The molecule has 0 spiro atoms. The SMILES string of the molecule is COC(=O)C1=NN[C@H]2C(=O)N(c3cccc(OC)c3)C(=O)[C@@H]12. The number of methoxy groups -OCH3 is 2. The van der Waals surface area contributed by atoms with Crippen molar-refractivity contribution >= 4 is 29.2 Å². The molecule has 0 bridgehead atoms. The first kappa shape index (κ1) is 14.1. The second kappa shape index (κ2) is 5.14. The van der Waals surface area contributed by atoms with E-state index in [0.29, 0.717) is 11.4 Å². The van der Waals surface area contributed by atoms with Gasteiger partial charge in [0.1, 0.15) is 17.7 Å². The molecule has 1 N–H and O–H groups in total. The number of rotatable bonds is 3. The molecule has 1 saturated heterocycles. The molecule has 0 saturated carbocycles. The predicted molar refractivity (Wildman–Crippen MR) is 75.4 cm³/mol. The summed E-state index contributed by atoms with van der Waals surface area (Å²) in [5, 5.41) is 3.75. The Morgan fingerprint density at radius 2 is 2.05 bits per heavy atom. The number of imide groups is 1. The van der Waals surface area contributed by atoms with E-state index in [1.165, 1.54) is 14.2 Å². The number of anilines is 1. The Morgan fingerprint density at radius 1 is 1.27 bits per heavy atom. The van der Waals surface area contributed by atoms with Crippen LogP contribution in [0.3, 0.4) is 0 Å². The van der Waals surface area contributed by atoms with Crippen molar-refractivity contribution in [3.63, 3.8) is 0 Å². The van der Waals surface area contributed by atoms with E-state index >= 15 is 0 Å². The van der Waals surface area contributed by atoms with Crippen molar-refractivity contribution in [3.05, 3.63) is 24.3 Å². The summed E-state index contributed by atoms with van der Waals surface area (Å²) in [4.78, 5) is 37.7. The standard InChI is InChI=1S/C14H13N3O5/c1-21-8-5-3-4-7(6-8)17-12(18)9-10(13(17)19)15-16-11(9)14(20)22-2/h3-6,9-10,15H,1-2H3/t9-,10-/m1/s1. The fourth-order valence-electron chi connectivity index (χ4n) is 2.57. The number of hydrogen-bond acceptors (Lipinski definition) is 7. The number of hydrazone groups is 1. The first-order valence-electron chi connectivity index (χ1n) is 6.51. The normalized spacial score (nSPS) is 23.0. The van der Waals surface area contributed by atoms with Gasteiger partial charge in [-0.05, 0) is 12.1 Å². The Kier molecular flexibility index (Phi) is 3.28. The minimum atomic E-state index is -0.967. The molecule has 3 rings (SSSR count). The number of carbonyl (C=O) groups is 3. The van der Waals surface area contributed by atoms with Crippen molar-refractivity contribution in [2.45, 2.75) is 6.04 Å². The van der Waals surface area contributed by atoms with Gasteiger partial charge in [-0.1, -0.05) is 6.07 Å². The average Bonchev–Trinajstić information content (AvgIpc) is 3.08. The van der Waals surface area contributed by atoms with Crippen LogP contribution in [0.15, 0.2) is 29.4 Å². The van der Waals surface area contributed by atoms with Gasteiger partial charge < -0.3 is 9.47 Å². The number of fused-ring (bicyclic) bond motifs is 1. The fourth-order valence-corrected chi connectivity index (χ4v) is 2.57. The van der Waals surface area contributed by atoms with Gasteiger partial charge in [0, 0.05) is 6.07 Å². The maximum atomic E-state index is 12.6. The molecule has 2 amide bonds. The van der Waals surface area contributed by atoms with Crippen LogP contribution in [-0.2, 0) is 19.1 Å². The second-order valence-electron chi connectivity index (χ2n) is 4.79. The van der Waals surface area contributed by atoms with Gasteiger partial charge in [0.15, 0.2) is 5.71 Å². The zero-order chi connectivity index (χ0) is 15.9. The zero-order valence-electron chi connectivity index (χ0n) is 11.9. The summed E-state index contributed by atoms with van der Waals surface area (Å²) in [6.45, 7) is 0. The number of hydrogen-bond donors (Lipinski definition) is 1. The lowest BCUT2D eigenvalue weighted by molar-refractivity contribution is -0.133. The van der Waals surface area contributed by atoms with Crippen LogP contribution in [0.1, 0.15) is 0 Å². The van der Waals surface area contributed by atoms with Gasteiger partial charge in [-0.25, -0.2) is 9.69 Å². The van der Waals surface area contributed by atoms with Gasteiger partial charge in [-0.2, -0.15) is 5.10 Å². The maximum Gasteiger partial charge on any atom is 0.355 e. The van der Waals surface area contributed by atoms with E-state index in [-0.39, 0.29) is 5.71 Å². The third-order valence-electron chi connectivity index (χ3n) is 3.63. The van der Waals surface area contributed by atoms with Gasteiger partial charge in [0.25, 0.3) is 5.91 Å². The van der Waals surface area contributed by atoms with Gasteiger partial charge in [-0.15, -0.1) is 0 Å². The van der Waals surface area contributed by atoms with Crippen molar-refractivity contribution in [3.8, 4) is 5.75 Å². The van der Waals surface area contributed by atoms with Crippen molar-refractivity contribution in [1.82, 2.24) is 5.43 Å². The van der Waals surface area contributed by atoms with Crippen LogP contribution in [0.25, 0.3) is 0 Å². The third kappa shape index (κ3) is 1.92. The Balaban J connectivity index is 1.96. The summed E-state index contributed by atoms with van der Waals surface area (Å²) in [7, 11) is 2.68. The van der Waals surface area contributed by atoms with Crippen LogP contribution in [-0.4, -0.2) is 43.8 Å². The molecule has 2 atom stereocenters. The molecular weight excluding hydrogens is 290 g/mol. The van der Waals surface area contributed by atoms with Crippen molar-refractivity contribution < 1.29 is 23.9 Å². The first-order valence-corrected chi connectivity index (χ1v) is 6.51. The summed E-state index contributed by atoms with van der Waals surface area (Å²) in [5.74, 6) is -2.16. The van der Waals surface area contributed by atoms with Crippen LogP contribution in [0, 0.1) is 5.92 Å². The van der Waals surface area contributed by atoms with Gasteiger partial charge in [0.05, 0.1) is 19.9 Å². The van der Waals surface area contributed by atoms with E-state index in [1.807, 2.05) is 0 Å². The highest BCUT2D eigenvalue weighted by molar-refractivity contribution is 6.46. The molecule has 0 radical (unpaired) electrons. The quantitative estimate of drug-likeness (QED) is 0.607. The molecule has 1 aromatic rings. The summed E-state index contributed by atoms with van der Waals surface area (Å²) in [6.07, 6.45) is 0. The van der Waals surface area contributed by atoms with E-state index in [4.69, 9.17) is 4.74 Å². The van der Waals surface area contributed by atoms with E-state index in [2.05, 4.69) is 15.3 Å². The van der Waals surface area contributed by atoms with Crippen LogP contribution < -0.4 is 15.1 Å². The summed E-state index contributed by atoms with van der Waals surface area (Å²) in [6, 6.07) is 5.69. The number of nitrogens with one attached hydrogen (secondary N) is 1. The van der Waals surface area contributed by atoms with Crippen molar-refractivity contribution in [2.24, 2.45) is 11.0 Å². The first-order chi connectivity index (χ1) is 10.6. The number of nitrogens with zero attached hydrogens (tertiary/aromatic N) is 2. The molecular formula is C14H13N3O5. The molecule has 8 heteroatoms. The molecule has 2 heterocycles. The lowest BCUT2D eigenvalue weighted by atomic mass is 9.99. The summed E-state index contributed by atoms with van der Waals surface area (Å²) in [5.41, 5.74) is 2.83. The predicted octanol–water partition coefficient (Wildman–Crippen LogP) is -0.315. The molecule has 0 aromatic heterocycles. The van der Waals surface area contributed by atoms with Crippen LogP contribution >= 0.6 is 0 Å². The fraction of sp³-hybridized carbons (Fsp3) is 0.286. The van der Waals surface area contributed by atoms with Crippen LogP contribution in [0.2, 0.25) is 0 Å². The molecule has 22 heavy (non-hydrogen) atoms. The molecule has 2 aliphatic heterocycles. The summed E-state index contributed by atoms with van der Waals surface area (Å²) >= 11 is 0. The Labute approximate surface area is 125 Å². The maximum absolute atomic E-state index is 12.6. The second-order valence-corrected chi connectivity index (χ2v) is 4.79. The molecule has 2 aliphatic rings. The number of carbonyl (C=O) groups excluding carboxylic acids is 3. The Hall–Kier alpha value is -2.90. The average molecular weight is 303 g/mol. The van der Waals surface area contributed by atoms with E-state index < -0.39 is 29.7 Å². The largest absolute Gasteiger partial charge is 0.497 e.